The maximum absolute atomic E-state index is 9.10. The molecule has 0 aromatic carbocycles. The first kappa shape index (κ1) is 19.6. The Bertz CT molecular complexity index is 572. The molecule has 9 heteroatoms. The zero-order chi connectivity index (χ0) is 18.4. The molecule has 3 aliphatic rings. The Hall–Kier alpha value is -1.74. The molecule has 4 heterocycles. The van der Waals surface area contributed by atoms with Gasteiger partial charge in [0.15, 0.2) is 0 Å². The number of nitrogens with zero attached hydrogens (tertiary/aromatic N) is 3. The predicted octanol–water partition coefficient (Wildman–Crippen LogP) is 1.93. The first-order valence-corrected chi connectivity index (χ1v) is 9.25. The van der Waals surface area contributed by atoms with E-state index < -0.39 is 11.9 Å². The molecule has 1 aromatic rings. The van der Waals surface area contributed by atoms with Crippen LogP contribution in [0.25, 0.3) is 0 Å². The largest absolute Gasteiger partial charge is 0.476 e. The van der Waals surface area contributed by atoms with Crippen molar-refractivity contribution in [2.75, 3.05) is 26.2 Å². The van der Waals surface area contributed by atoms with Crippen molar-refractivity contribution in [3.63, 3.8) is 0 Å². The van der Waals surface area contributed by atoms with Crippen molar-refractivity contribution in [1.29, 1.82) is 0 Å². The summed E-state index contributed by atoms with van der Waals surface area (Å²) in [6, 6.07) is 0. The average Bonchev–Trinajstić information content (AvgIpc) is 3.04. The molecule has 1 unspecified atom stereocenters. The lowest BCUT2D eigenvalue weighted by Crippen LogP contribution is -2.46. The molecule has 0 radical (unpaired) electrons. The molecule has 1 aromatic heterocycles. The quantitative estimate of drug-likeness (QED) is 0.755. The molecule has 8 nitrogen and oxygen atoms in total. The van der Waals surface area contributed by atoms with Crippen molar-refractivity contribution in [3.8, 4) is 5.88 Å². The van der Waals surface area contributed by atoms with Crippen molar-refractivity contribution < 1.29 is 24.5 Å². The highest BCUT2D eigenvalue weighted by Crippen LogP contribution is 2.41. The van der Waals surface area contributed by atoms with Gasteiger partial charge in [0.2, 0.25) is 5.88 Å². The molecule has 2 bridgehead atoms. The predicted molar refractivity (Wildman–Crippen MR) is 92.0 cm³/mol. The Labute approximate surface area is 151 Å². The maximum atomic E-state index is 9.10. The molecule has 1 atom stereocenters. The Morgan fingerprint density at radius 1 is 1.24 bits per heavy atom. The molecular formula is C16H25N3O5S. The van der Waals surface area contributed by atoms with Gasteiger partial charge in [-0.15, -0.1) is 4.37 Å². The van der Waals surface area contributed by atoms with Gasteiger partial charge in [0.25, 0.3) is 0 Å². The van der Waals surface area contributed by atoms with E-state index in [9.17, 15) is 0 Å². The fourth-order valence-corrected chi connectivity index (χ4v) is 3.74. The van der Waals surface area contributed by atoms with Crippen molar-refractivity contribution in [2.24, 2.45) is 11.8 Å². The van der Waals surface area contributed by atoms with E-state index in [0.29, 0.717) is 11.8 Å². The molecule has 140 valence electrons. The Morgan fingerprint density at radius 2 is 1.88 bits per heavy atom. The summed E-state index contributed by atoms with van der Waals surface area (Å²) >= 11 is 1.30. The number of carboxylic acid groups (broad SMARTS) is 2. The summed E-state index contributed by atoms with van der Waals surface area (Å²) in [7, 11) is 0. The number of ether oxygens (including phenoxy) is 1. The second kappa shape index (κ2) is 9.10. The summed E-state index contributed by atoms with van der Waals surface area (Å²) in [5, 5.41) is 14.8. The minimum absolute atomic E-state index is 0.551. The SMILES string of the molecule is CC(C)CCOc1nsnc1C1CN2CCC1CC2.O=C(O)C(=O)O. The van der Waals surface area contributed by atoms with Crippen LogP contribution in [0.5, 0.6) is 5.88 Å². The second-order valence-corrected chi connectivity index (χ2v) is 7.37. The van der Waals surface area contributed by atoms with Crippen LogP contribution in [0.15, 0.2) is 0 Å². The zero-order valence-corrected chi connectivity index (χ0v) is 15.4. The number of piperidine rings is 3. The van der Waals surface area contributed by atoms with Gasteiger partial charge in [0.1, 0.15) is 5.69 Å². The molecule has 3 fully saturated rings. The number of carboxylic acids is 2. The Kier molecular flexibility index (Phi) is 7.12. The van der Waals surface area contributed by atoms with E-state index in [1.807, 2.05) is 0 Å². The molecule has 3 aliphatic heterocycles. The molecular weight excluding hydrogens is 346 g/mol. The van der Waals surface area contributed by atoms with E-state index in [2.05, 4.69) is 27.5 Å². The fraction of sp³-hybridized carbons (Fsp3) is 0.750. The van der Waals surface area contributed by atoms with Gasteiger partial charge in [-0.1, -0.05) is 13.8 Å². The molecule has 2 N–H and O–H groups in total. The second-order valence-electron chi connectivity index (χ2n) is 6.84. The van der Waals surface area contributed by atoms with Crippen LogP contribution in [0, 0.1) is 11.8 Å². The summed E-state index contributed by atoms with van der Waals surface area (Å²) in [6.07, 6.45) is 3.71. The highest BCUT2D eigenvalue weighted by molar-refractivity contribution is 6.99. The van der Waals surface area contributed by atoms with Crippen LogP contribution in [0.3, 0.4) is 0 Å². The molecule has 0 spiro atoms. The minimum atomic E-state index is -1.82. The third kappa shape index (κ3) is 5.64. The standard InChI is InChI=1S/C14H23N3OS.C2H2O4/c1-10(2)5-8-18-14-13(15-19-16-14)12-9-17-6-3-11(12)4-7-17;3-1(4)2(5)6/h10-12H,3-9H2,1-2H3;(H,3,4)(H,5,6). The van der Waals surface area contributed by atoms with E-state index in [4.69, 9.17) is 24.5 Å². The zero-order valence-electron chi connectivity index (χ0n) is 14.6. The van der Waals surface area contributed by atoms with E-state index in [0.717, 1.165) is 37.1 Å². The third-order valence-electron chi connectivity index (χ3n) is 4.61. The normalized spacial score (nSPS) is 24.5. The average molecular weight is 371 g/mol. The van der Waals surface area contributed by atoms with Crippen molar-refractivity contribution >= 4 is 23.7 Å². The van der Waals surface area contributed by atoms with Crippen LogP contribution in [0.4, 0.5) is 0 Å². The van der Waals surface area contributed by atoms with Crippen LogP contribution in [0.1, 0.15) is 44.7 Å². The molecule has 25 heavy (non-hydrogen) atoms. The maximum Gasteiger partial charge on any atom is 0.414 e. The van der Waals surface area contributed by atoms with Gasteiger partial charge in [-0.05, 0) is 44.2 Å². The van der Waals surface area contributed by atoms with Gasteiger partial charge >= 0.3 is 11.9 Å². The van der Waals surface area contributed by atoms with E-state index in [1.54, 1.807) is 0 Å². The lowest BCUT2D eigenvalue weighted by molar-refractivity contribution is -0.159. The van der Waals surface area contributed by atoms with Gasteiger partial charge in [-0.3, -0.25) is 0 Å². The van der Waals surface area contributed by atoms with Crippen LogP contribution in [-0.4, -0.2) is 62.0 Å². The summed E-state index contributed by atoms with van der Waals surface area (Å²) in [6.45, 7) is 8.88. The lowest BCUT2D eigenvalue weighted by atomic mass is 9.77. The van der Waals surface area contributed by atoms with Gasteiger partial charge in [-0.25, -0.2) is 9.59 Å². The van der Waals surface area contributed by atoms with Crippen LogP contribution in [-0.2, 0) is 9.59 Å². The number of carbonyl (C=O) groups is 2. The lowest BCUT2D eigenvalue weighted by Gasteiger charge is -2.44. The summed E-state index contributed by atoms with van der Waals surface area (Å²) in [4.78, 5) is 20.8. The number of rotatable bonds is 5. The minimum Gasteiger partial charge on any atom is -0.476 e. The highest BCUT2D eigenvalue weighted by atomic mass is 32.1. The van der Waals surface area contributed by atoms with Gasteiger partial charge in [0, 0.05) is 12.5 Å². The summed E-state index contributed by atoms with van der Waals surface area (Å²) in [5.41, 5.74) is 1.13. The third-order valence-corrected chi connectivity index (χ3v) is 5.13. The molecule has 4 rings (SSSR count). The van der Waals surface area contributed by atoms with Gasteiger partial charge in [-0.2, -0.15) is 4.37 Å². The summed E-state index contributed by atoms with van der Waals surface area (Å²) in [5.74, 6) is -0.821. The highest BCUT2D eigenvalue weighted by Gasteiger charge is 2.38. The number of aliphatic carboxylic acids is 2. The number of hydrogen-bond donors (Lipinski definition) is 2. The van der Waals surface area contributed by atoms with Crippen molar-refractivity contribution in [1.82, 2.24) is 13.6 Å². The van der Waals surface area contributed by atoms with Gasteiger partial charge in [0.05, 0.1) is 18.3 Å². The smallest absolute Gasteiger partial charge is 0.414 e. The number of hydrogen-bond acceptors (Lipinski definition) is 7. The van der Waals surface area contributed by atoms with Crippen LogP contribution in [0.2, 0.25) is 0 Å². The van der Waals surface area contributed by atoms with Crippen LogP contribution < -0.4 is 4.74 Å². The number of fused-ring (bicyclic) bond motifs is 3. The molecule has 0 aliphatic carbocycles. The summed E-state index contributed by atoms with van der Waals surface area (Å²) < 4.78 is 14.8. The van der Waals surface area contributed by atoms with Crippen LogP contribution >= 0.6 is 11.7 Å². The van der Waals surface area contributed by atoms with E-state index in [-0.39, 0.29) is 0 Å². The molecule has 0 amide bonds. The van der Waals surface area contributed by atoms with Crippen molar-refractivity contribution in [2.45, 2.75) is 39.0 Å². The number of aromatic nitrogens is 2. The fourth-order valence-electron chi connectivity index (χ4n) is 3.18. The van der Waals surface area contributed by atoms with Gasteiger partial charge < -0.3 is 19.8 Å². The first-order chi connectivity index (χ1) is 11.9. The van der Waals surface area contributed by atoms with E-state index >= 15 is 0 Å². The molecule has 3 saturated heterocycles. The Balaban J connectivity index is 0.000000326. The first-order valence-electron chi connectivity index (χ1n) is 8.52. The Morgan fingerprint density at radius 3 is 2.36 bits per heavy atom. The monoisotopic (exact) mass is 371 g/mol. The van der Waals surface area contributed by atoms with E-state index in [1.165, 1.54) is 37.7 Å². The molecule has 0 saturated carbocycles. The topological polar surface area (TPSA) is 113 Å². The van der Waals surface area contributed by atoms with Crippen molar-refractivity contribution in [3.05, 3.63) is 5.69 Å².